The fourth-order valence-corrected chi connectivity index (χ4v) is 3.90. The molecule has 0 aromatic carbocycles. The summed E-state index contributed by atoms with van der Waals surface area (Å²) in [6.45, 7) is 4.01. The van der Waals surface area contributed by atoms with Gasteiger partial charge in [-0.05, 0) is 36.4 Å². The van der Waals surface area contributed by atoms with E-state index < -0.39 is 0 Å². The van der Waals surface area contributed by atoms with Gasteiger partial charge in [0.1, 0.15) is 18.1 Å². The lowest BCUT2D eigenvalue weighted by Gasteiger charge is -2.24. The number of carbonyl (C=O) groups excluding carboxylic acids is 1. The number of hydrogen-bond donors (Lipinski definition) is 1. The lowest BCUT2D eigenvalue weighted by Crippen LogP contribution is -2.40. The van der Waals surface area contributed by atoms with Gasteiger partial charge in [0.25, 0.3) is 0 Å². The Kier molecular flexibility index (Phi) is 5.58. The molecule has 130 valence electrons. The molecule has 0 saturated carbocycles. The van der Waals surface area contributed by atoms with Gasteiger partial charge in [0.05, 0.1) is 6.04 Å². The minimum absolute atomic E-state index is 0.00871. The molecule has 1 fully saturated rings. The molecule has 5 nitrogen and oxygen atoms in total. The van der Waals surface area contributed by atoms with Crippen molar-refractivity contribution in [2.75, 3.05) is 20.2 Å². The summed E-state index contributed by atoms with van der Waals surface area (Å²) >= 11 is 1.73. The molecular weight excluding hydrogens is 324 g/mol. The number of urea groups is 1. The molecule has 2 aromatic rings. The van der Waals surface area contributed by atoms with Crippen molar-refractivity contribution in [1.29, 1.82) is 0 Å². The summed E-state index contributed by atoms with van der Waals surface area (Å²) in [4.78, 5) is 15.8. The number of methoxy groups -OCH3 is 1. The fourth-order valence-electron chi connectivity index (χ4n) is 3.11. The van der Waals surface area contributed by atoms with Crippen LogP contribution in [0.1, 0.15) is 48.1 Å². The number of likely N-dealkylation sites (tertiary alicyclic amines) is 1. The standard InChI is InChI=1S/C18H24N2O3S/c1-13(17-6-4-10-24-17)11-19-18(21)20-9-3-5-15(20)16-8-7-14(23-16)12-22-2/h4,6-8,10,13,15H,3,5,9,11-12H2,1-2H3,(H,19,21)/t13-,15-/m0/s1. The Labute approximate surface area is 146 Å². The molecule has 3 rings (SSSR count). The minimum atomic E-state index is -0.00871. The van der Waals surface area contributed by atoms with Crippen molar-refractivity contribution >= 4 is 17.4 Å². The van der Waals surface area contributed by atoms with E-state index in [4.69, 9.17) is 9.15 Å². The van der Waals surface area contributed by atoms with Crippen LogP contribution in [0, 0.1) is 0 Å². The Morgan fingerprint density at radius 1 is 1.50 bits per heavy atom. The number of nitrogens with one attached hydrogen (secondary N) is 1. The molecular formula is C18H24N2O3S. The van der Waals surface area contributed by atoms with Gasteiger partial charge in [-0.25, -0.2) is 4.79 Å². The summed E-state index contributed by atoms with van der Waals surface area (Å²) in [6.07, 6.45) is 1.94. The zero-order chi connectivity index (χ0) is 16.9. The normalized spacial score (nSPS) is 18.8. The van der Waals surface area contributed by atoms with E-state index >= 15 is 0 Å². The number of hydrogen-bond acceptors (Lipinski definition) is 4. The van der Waals surface area contributed by atoms with Crippen molar-refractivity contribution in [3.8, 4) is 0 Å². The fraction of sp³-hybridized carbons (Fsp3) is 0.500. The monoisotopic (exact) mass is 348 g/mol. The number of carbonyl (C=O) groups is 1. The highest BCUT2D eigenvalue weighted by Crippen LogP contribution is 2.33. The molecule has 2 aromatic heterocycles. The predicted octanol–water partition coefficient (Wildman–Crippen LogP) is 4.14. The highest BCUT2D eigenvalue weighted by Gasteiger charge is 2.32. The molecule has 1 aliphatic heterocycles. The summed E-state index contributed by atoms with van der Waals surface area (Å²) in [5.74, 6) is 1.97. The molecule has 2 atom stereocenters. The number of furan rings is 1. The van der Waals surface area contributed by atoms with Gasteiger partial charge in [-0.1, -0.05) is 13.0 Å². The second kappa shape index (κ2) is 7.85. The number of amides is 2. The van der Waals surface area contributed by atoms with Crippen molar-refractivity contribution in [3.63, 3.8) is 0 Å². The van der Waals surface area contributed by atoms with Gasteiger partial charge < -0.3 is 19.4 Å². The maximum absolute atomic E-state index is 12.6. The van der Waals surface area contributed by atoms with Crippen LogP contribution in [0.15, 0.2) is 34.1 Å². The first kappa shape index (κ1) is 17.0. The van der Waals surface area contributed by atoms with E-state index in [-0.39, 0.29) is 12.1 Å². The first-order valence-electron chi connectivity index (χ1n) is 8.34. The predicted molar refractivity (Wildman–Crippen MR) is 94.2 cm³/mol. The van der Waals surface area contributed by atoms with Crippen molar-refractivity contribution in [1.82, 2.24) is 10.2 Å². The van der Waals surface area contributed by atoms with Gasteiger partial charge in [0.15, 0.2) is 0 Å². The SMILES string of the molecule is COCc1ccc([C@@H]2CCCN2C(=O)NC[C@H](C)c2cccs2)o1. The molecule has 3 heterocycles. The summed E-state index contributed by atoms with van der Waals surface area (Å²) in [6, 6.07) is 8.05. The van der Waals surface area contributed by atoms with E-state index in [1.165, 1.54) is 4.88 Å². The van der Waals surface area contributed by atoms with Crippen LogP contribution in [0.3, 0.4) is 0 Å². The smallest absolute Gasteiger partial charge is 0.318 e. The average Bonchev–Trinajstić information content (AvgIpc) is 3.32. The van der Waals surface area contributed by atoms with Crippen LogP contribution >= 0.6 is 11.3 Å². The Balaban J connectivity index is 1.58. The molecule has 2 amide bonds. The van der Waals surface area contributed by atoms with Gasteiger partial charge in [-0.2, -0.15) is 0 Å². The van der Waals surface area contributed by atoms with Crippen LogP contribution in [-0.4, -0.2) is 31.1 Å². The lowest BCUT2D eigenvalue weighted by atomic mass is 10.1. The van der Waals surface area contributed by atoms with E-state index in [0.29, 0.717) is 19.1 Å². The van der Waals surface area contributed by atoms with Gasteiger partial charge in [-0.3, -0.25) is 0 Å². The van der Waals surface area contributed by atoms with Gasteiger partial charge in [-0.15, -0.1) is 11.3 Å². The number of nitrogens with zero attached hydrogens (tertiary/aromatic N) is 1. The summed E-state index contributed by atoms with van der Waals surface area (Å²) in [5, 5.41) is 5.14. The molecule has 0 radical (unpaired) electrons. The third-order valence-corrected chi connectivity index (χ3v) is 5.50. The quantitative estimate of drug-likeness (QED) is 0.854. The van der Waals surface area contributed by atoms with E-state index in [1.54, 1.807) is 18.4 Å². The molecule has 0 unspecified atom stereocenters. The number of thiophene rings is 1. The Morgan fingerprint density at radius 2 is 2.38 bits per heavy atom. The highest BCUT2D eigenvalue weighted by atomic mass is 32.1. The average molecular weight is 348 g/mol. The zero-order valence-corrected chi connectivity index (χ0v) is 15.0. The summed E-state index contributed by atoms with van der Waals surface area (Å²) < 4.78 is 10.9. The molecule has 6 heteroatoms. The topological polar surface area (TPSA) is 54.7 Å². The van der Waals surface area contributed by atoms with Crippen molar-refractivity contribution in [2.24, 2.45) is 0 Å². The van der Waals surface area contributed by atoms with E-state index in [0.717, 1.165) is 30.9 Å². The third-order valence-electron chi connectivity index (χ3n) is 4.40. The largest absolute Gasteiger partial charge is 0.461 e. The number of rotatable bonds is 6. The lowest BCUT2D eigenvalue weighted by molar-refractivity contribution is 0.156. The van der Waals surface area contributed by atoms with Crippen LogP contribution < -0.4 is 5.32 Å². The molecule has 1 aliphatic rings. The van der Waals surface area contributed by atoms with E-state index in [9.17, 15) is 4.79 Å². The minimum Gasteiger partial charge on any atom is -0.461 e. The Hall–Kier alpha value is -1.79. The van der Waals surface area contributed by atoms with Gasteiger partial charge in [0.2, 0.25) is 0 Å². The van der Waals surface area contributed by atoms with Crippen molar-refractivity contribution < 1.29 is 13.9 Å². The van der Waals surface area contributed by atoms with Gasteiger partial charge >= 0.3 is 6.03 Å². The second-order valence-electron chi connectivity index (χ2n) is 6.19. The molecule has 0 spiro atoms. The van der Waals surface area contributed by atoms with E-state index in [1.807, 2.05) is 23.1 Å². The molecule has 24 heavy (non-hydrogen) atoms. The Morgan fingerprint density at radius 3 is 3.12 bits per heavy atom. The highest BCUT2D eigenvalue weighted by molar-refractivity contribution is 7.10. The maximum Gasteiger partial charge on any atom is 0.318 e. The van der Waals surface area contributed by atoms with Crippen LogP contribution in [0.4, 0.5) is 4.79 Å². The Bertz CT molecular complexity index is 653. The first-order chi connectivity index (χ1) is 11.7. The maximum atomic E-state index is 12.6. The molecule has 1 N–H and O–H groups in total. The molecule has 1 saturated heterocycles. The second-order valence-corrected chi connectivity index (χ2v) is 7.17. The van der Waals surface area contributed by atoms with Gasteiger partial charge in [0, 0.05) is 31.0 Å². The first-order valence-corrected chi connectivity index (χ1v) is 9.22. The summed E-state index contributed by atoms with van der Waals surface area (Å²) in [7, 11) is 1.65. The summed E-state index contributed by atoms with van der Waals surface area (Å²) in [5.41, 5.74) is 0. The third kappa shape index (κ3) is 3.82. The van der Waals surface area contributed by atoms with Crippen molar-refractivity contribution in [3.05, 3.63) is 46.0 Å². The van der Waals surface area contributed by atoms with Crippen LogP contribution in [-0.2, 0) is 11.3 Å². The van der Waals surface area contributed by atoms with Crippen LogP contribution in [0.2, 0.25) is 0 Å². The zero-order valence-electron chi connectivity index (χ0n) is 14.2. The molecule has 0 bridgehead atoms. The van der Waals surface area contributed by atoms with Crippen molar-refractivity contribution in [2.45, 2.75) is 38.3 Å². The molecule has 0 aliphatic carbocycles. The van der Waals surface area contributed by atoms with Crippen LogP contribution in [0.5, 0.6) is 0 Å². The number of ether oxygens (including phenoxy) is 1. The van der Waals surface area contributed by atoms with E-state index in [2.05, 4.69) is 23.7 Å². The van der Waals surface area contributed by atoms with Crippen LogP contribution in [0.25, 0.3) is 0 Å².